The predicted molar refractivity (Wildman–Crippen MR) is 136 cm³/mol. The molecule has 0 aromatic carbocycles. The largest absolute Gasteiger partial charge is 0.480 e. The van der Waals surface area contributed by atoms with Gasteiger partial charge in [-0.15, -0.1) is 0 Å². The van der Waals surface area contributed by atoms with E-state index in [9.17, 15) is 19.2 Å². The van der Waals surface area contributed by atoms with E-state index in [1.54, 1.807) is 6.92 Å². The van der Waals surface area contributed by atoms with Crippen LogP contribution in [0.2, 0.25) is 0 Å². The molecule has 0 heterocycles. The Balaban J connectivity index is 5.40. The quantitative estimate of drug-likeness (QED) is 0.0539. The monoisotopic (exact) mass is 514 g/mol. The molecule has 0 aromatic rings. The summed E-state index contributed by atoms with van der Waals surface area (Å²) >= 11 is 0. The number of nitrogens with two attached hydrogens (primary N) is 5. The average molecular weight is 515 g/mol. The topological polar surface area (TPSA) is 279 Å². The number of rotatable bonds is 17. The van der Waals surface area contributed by atoms with Gasteiger partial charge in [0.25, 0.3) is 0 Å². The van der Waals surface area contributed by atoms with Gasteiger partial charge in [-0.05, 0) is 38.5 Å². The molecule has 0 aliphatic carbocycles. The molecule has 0 radical (unpaired) electrons. The van der Waals surface area contributed by atoms with Crippen LogP contribution in [-0.2, 0) is 19.2 Å². The lowest BCUT2D eigenvalue weighted by atomic mass is 9.97. The molecular weight excluding hydrogens is 472 g/mol. The van der Waals surface area contributed by atoms with Gasteiger partial charge in [-0.1, -0.05) is 20.3 Å². The van der Waals surface area contributed by atoms with Gasteiger partial charge in [-0.2, -0.15) is 0 Å². The van der Waals surface area contributed by atoms with Crippen LogP contribution in [-0.4, -0.2) is 78.0 Å². The molecular formula is C21H42N10O5. The van der Waals surface area contributed by atoms with Gasteiger partial charge in [0, 0.05) is 13.1 Å². The van der Waals surface area contributed by atoms with Crippen molar-refractivity contribution in [1.29, 1.82) is 0 Å². The zero-order chi connectivity index (χ0) is 27.8. The van der Waals surface area contributed by atoms with Crippen LogP contribution in [0.25, 0.3) is 0 Å². The first kappa shape index (κ1) is 32.4. The van der Waals surface area contributed by atoms with Gasteiger partial charge >= 0.3 is 5.97 Å². The maximum Gasteiger partial charge on any atom is 0.325 e. The lowest BCUT2D eigenvalue weighted by Gasteiger charge is -2.27. The lowest BCUT2D eigenvalue weighted by molar-refractivity contribution is -0.142. The van der Waals surface area contributed by atoms with Crippen molar-refractivity contribution in [2.45, 2.75) is 77.0 Å². The zero-order valence-corrected chi connectivity index (χ0v) is 21.2. The number of hydrogen-bond donors (Lipinski definition) is 9. The highest BCUT2D eigenvalue weighted by molar-refractivity contribution is 5.94. The third-order valence-electron chi connectivity index (χ3n) is 5.41. The highest BCUT2D eigenvalue weighted by atomic mass is 16.4. The van der Waals surface area contributed by atoms with E-state index in [2.05, 4.69) is 25.9 Å². The first-order valence-corrected chi connectivity index (χ1v) is 11.8. The van der Waals surface area contributed by atoms with Crippen molar-refractivity contribution in [3.05, 3.63) is 0 Å². The number of carbonyl (C=O) groups is 4. The minimum Gasteiger partial charge on any atom is -0.480 e. The fourth-order valence-corrected chi connectivity index (χ4v) is 3.02. The third-order valence-corrected chi connectivity index (χ3v) is 5.41. The molecule has 36 heavy (non-hydrogen) atoms. The molecule has 0 spiro atoms. The first-order valence-electron chi connectivity index (χ1n) is 11.8. The number of carboxylic acid groups (broad SMARTS) is 1. The average Bonchev–Trinajstić information content (AvgIpc) is 2.80. The van der Waals surface area contributed by atoms with E-state index in [0.29, 0.717) is 32.2 Å². The number of hydrogen-bond acceptors (Lipinski definition) is 7. The van der Waals surface area contributed by atoms with Gasteiger partial charge in [0.1, 0.15) is 18.1 Å². The molecule has 15 nitrogen and oxygen atoms in total. The zero-order valence-electron chi connectivity index (χ0n) is 21.2. The summed E-state index contributed by atoms with van der Waals surface area (Å²) in [5.41, 5.74) is 27.1. The summed E-state index contributed by atoms with van der Waals surface area (Å²) in [6.07, 6.45) is 1.77. The van der Waals surface area contributed by atoms with E-state index >= 15 is 0 Å². The van der Waals surface area contributed by atoms with E-state index in [1.807, 2.05) is 6.92 Å². The van der Waals surface area contributed by atoms with E-state index < -0.39 is 47.9 Å². The van der Waals surface area contributed by atoms with Gasteiger partial charge in [0.2, 0.25) is 17.7 Å². The van der Waals surface area contributed by atoms with Crippen LogP contribution in [0, 0.1) is 5.92 Å². The van der Waals surface area contributed by atoms with Gasteiger partial charge in [0.05, 0.1) is 6.04 Å². The smallest absolute Gasteiger partial charge is 0.325 e. The summed E-state index contributed by atoms with van der Waals surface area (Å²) in [6, 6.07) is -4.12. The van der Waals surface area contributed by atoms with Gasteiger partial charge in [0.15, 0.2) is 11.9 Å². The maximum atomic E-state index is 13.1. The number of aliphatic imine (C=N–C) groups is 2. The molecule has 5 atom stereocenters. The van der Waals surface area contributed by atoms with E-state index in [-0.39, 0.29) is 30.8 Å². The van der Waals surface area contributed by atoms with Gasteiger partial charge in [-0.25, -0.2) is 0 Å². The fraction of sp³-hybridized carbons (Fsp3) is 0.714. The van der Waals surface area contributed by atoms with Crippen molar-refractivity contribution in [2.75, 3.05) is 13.1 Å². The van der Waals surface area contributed by atoms with Crippen molar-refractivity contribution < 1.29 is 24.3 Å². The Kier molecular flexibility index (Phi) is 15.2. The van der Waals surface area contributed by atoms with Crippen LogP contribution in [0.1, 0.15) is 52.9 Å². The number of aliphatic carboxylic acids is 1. The van der Waals surface area contributed by atoms with Crippen LogP contribution >= 0.6 is 0 Å². The summed E-state index contributed by atoms with van der Waals surface area (Å²) in [5.74, 6) is -3.51. The number of guanidine groups is 2. The Morgan fingerprint density at radius 3 is 1.81 bits per heavy atom. The number of carboxylic acids is 1. The molecule has 14 N–H and O–H groups in total. The Bertz CT molecular complexity index is 796. The minimum atomic E-state index is -1.23. The second-order valence-electron chi connectivity index (χ2n) is 8.51. The van der Waals surface area contributed by atoms with Crippen molar-refractivity contribution in [3.8, 4) is 0 Å². The first-order chi connectivity index (χ1) is 16.8. The van der Waals surface area contributed by atoms with Crippen molar-refractivity contribution in [2.24, 2.45) is 44.6 Å². The molecule has 15 heteroatoms. The molecule has 0 rings (SSSR count). The van der Waals surface area contributed by atoms with Crippen LogP contribution in [0.4, 0.5) is 0 Å². The second-order valence-corrected chi connectivity index (χ2v) is 8.51. The van der Waals surface area contributed by atoms with Crippen molar-refractivity contribution >= 4 is 35.6 Å². The Morgan fingerprint density at radius 1 is 0.806 bits per heavy atom. The summed E-state index contributed by atoms with van der Waals surface area (Å²) in [7, 11) is 0. The normalized spacial score (nSPS) is 14.8. The van der Waals surface area contributed by atoms with Crippen molar-refractivity contribution in [1.82, 2.24) is 16.0 Å². The van der Waals surface area contributed by atoms with E-state index in [1.165, 1.54) is 6.92 Å². The Hall–Kier alpha value is -3.62. The molecule has 0 bridgehead atoms. The fourth-order valence-electron chi connectivity index (χ4n) is 3.02. The summed E-state index contributed by atoms with van der Waals surface area (Å²) < 4.78 is 0. The molecule has 0 aliphatic rings. The van der Waals surface area contributed by atoms with Crippen LogP contribution in [0.3, 0.4) is 0 Å². The highest BCUT2D eigenvalue weighted by Crippen LogP contribution is 2.10. The maximum absolute atomic E-state index is 13.1. The Morgan fingerprint density at radius 2 is 1.33 bits per heavy atom. The molecule has 0 saturated heterocycles. The van der Waals surface area contributed by atoms with Crippen LogP contribution in [0.5, 0.6) is 0 Å². The summed E-state index contributed by atoms with van der Waals surface area (Å²) in [5, 5.41) is 16.7. The SMILES string of the molecule is CCC(C)C(NC(=O)C(N)CCCN=C(N)N)C(=O)NC(CCCN=C(N)N)C(=O)NC(C)C(=O)O. The standard InChI is InChI=1S/C21H42N10O5/c1-4-11(2)15(31-16(32)13(22)7-5-9-27-20(23)24)18(34)30-14(8-6-10-28-21(25)26)17(33)29-12(3)19(35)36/h11-15H,4-10,22H2,1-3H3,(H,29,33)(H,30,34)(H,31,32)(H,35,36)(H4,23,24,27)(H4,25,26,28). The number of nitrogens with one attached hydrogen (secondary N) is 3. The molecule has 0 fully saturated rings. The molecule has 0 saturated carbocycles. The summed E-state index contributed by atoms with van der Waals surface area (Å²) in [6.45, 7) is 5.44. The molecule has 3 amide bonds. The number of nitrogens with zero attached hydrogens (tertiary/aromatic N) is 2. The van der Waals surface area contributed by atoms with Gasteiger partial charge < -0.3 is 49.7 Å². The minimum absolute atomic E-state index is 0.0591. The number of carbonyl (C=O) groups excluding carboxylic acids is 3. The van der Waals surface area contributed by atoms with E-state index in [0.717, 1.165) is 0 Å². The predicted octanol–water partition coefficient (Wildman–Crippen LogP) is -2.97. The second kappa shape index (κ2) is 16.9. The van der Waals surface area contributed by atoms with Crippen molar-refractivity contribution in [3.63, 3.8) is 0 Å². The molecule has 5 unspecified atom stereocenters. The Labute approximate surface area is 211 Å². The van der Waals surface area contributed by atoms with E-state index in [4.69, 9.17) is 33.8 Å². The van der Waals surface area contributed by atoms with Gasteiger partial charge in [-0.3, -0.25) is 29.2 Å². The highest BCUT2D eigenvalue weighted by Gasteiger charge is 2.31. The number of amides is 3. The van der Waals surface area contributed by atoms with Crippen LogP contribution in [0.15, 0.2) is 9.98 Å². The molecule has 206 valence electrons. The summed E-state index contributed by atoms with van der Waals surface area (Å²) in [4.78, 5) is 57.3. The third kappa shape index (κ3) is 13.3. The lowest BCUT2D eigenvalue weighted by Crippen LogP contribution is -2.58. The molecule has 0 aliphatic heterocycles. The molecule has 0 aromatic heterocycles. The van der Waals surface area contributed by atoms with Crippen LogP contribution < -0.4 is 44.6 Å².